The van der Waals surface area contributed by atoms with Crippen molar-refractivity contribution in [1.29, 1.82) is 0 Å². The van der Waals surface area contributed by atoms with Crippen LogP contribution in [0.5, 0.6) is 0 Å². The first-order valence-corrected chi connectivity index (χ1v) is 6.38. The van der Waals surface area contributed by atoms with Crippen LogP contribution in [0.4, 0.5) is 5.82 Å². The molecular weight excluding hydrogens is 230 g/mol. The van der Waals surface area contributed by atoms with Gasteiger partial charge in [0.25, 0.3) is 0 Å². The maximum atomic E-state index is 10.7. The first-order chi connectivity index (χ1) is 8.56. The number of carboxylic acid groups (broad SMARTS) is 1. The first-order valence-electron chi connectivity index (χ1n) is 6.38. The zero-order valence-electron chi connectivity index (χ0n) is 10.8. The molecule has 1 aromatic heterocycles. The molecule has 1 heterocycles. The van der Waals surface area contributed by atoms with E-state index in [1.807, 2.05) is 0 Å². The highest BCUT2D eigenvalue weighted by molar-refractivity contribution is 5.84. The summed E-state index contributed by atoms with van der Waals surface area (Å²) in [6, 6.07) is 0.408. The second-order valence-corrected chi connectivity index (χ2v) is 5.24. The van der Waals surface area contributed by atoms with Crippen molar-refractivity contribution in [3.05, 3.63) is 18.1 Å². The molecule has 0 saturated heterocycles. The smallest absolute Gasteiger partial charge is 0.356 e. The van der Waals surface area contributed by atoms with Crippen molar-refractivity contribution in [1.82, 2.24) is 9.97 Å². The lowest BCUT2D eigenvalue weighted by atomic mass is 9.80. The topological polar surface area (TPSA) is 75.1 Å². The fraction of sp³-hybridized carbons (Fsp3) is 0.615. The minimum absolute atomic E-state index is 0.0223. The molecule has 18 heavy (non-hydrogen) atoms. The average Bonchev–Trinajstić information content (AvgIpc) is 2.33. The third-order valence-corrected chi connectivity index (χ3v) is 3.64. The van der Waals surface area contributed by atoms with Gasteiger partial charge in [-0.25, -0.2) is 14.8 Å². The third-order valence-electron chi connectivity index (χ3n) is 3.64. The number of hydrogen-bond acceptors (Lipinski definition) is 4. The van der Waals surface area contributed by atoms with E-state index < -0.39 is 5.97 Å². The second kappa shape index (κ2) is 5.33. The number of carboxylic acids is 1. The lowest BCUT2D eigenvalue weighted by molar-refractivity contribution is 0.0690. The van der Waals surface area contributed by atoms with Gasteiger partial charge in [-0.05, 0) is 31.1 Å². The van der Waals surface area contributed by atoms with Crippen molar-refractivity contribution in [2.75, 3.05) is 5.32 Å². The monoisotopic (exact) mass is 249 g/mol. The fourth-order valence-corrected chi connectivity index (χ4v) is 2.58. The van der Waals surface area contributed by atoms with E-state index in [1.54, 1.807) is 0 Å². The van der Waals surface area contributed by atoms with E-state index in [9.17, 15) is 4.79 Å². The standard InChI is InChI=1S/C13H19N3O2/c1-8-3-4-10(9(2)5-8)16-12-7-14-11(6-15-12)13(17)18/h6-10H,3-5H2,1-2H3,(H,15,16)(H,17,18). The number of aromatic carboxylic acids is 1. The molecule has 1 aromatic rings. The van der Waals surface area contributed by atoms with E-state index in [1.165, 1.54) is 25.2 Å². The molecule has 1 aliphatic rings. The molecule has 0 bridgehead atoms. The van der Waals surface area contributed by atoms with Gasteiger partial charge in [-0.3, -0.25) is 0 Å². The zero-order chi connectivity index (χ0) is 13.1. The van der Waals surface area contributed by atoms with Crippen molar-refractivity contribution in [3.8, 4) is 0 Å². The summed E-state index contributed by atoms with van der Waals surface area (Å²) >= 11 is 0. The Labute approximate surface area is 107 Å². The summed E-state index contributed by atoms with van der Waals surface area (Å²) in [5, 5.41) is 12.1. The highest BCUT2D eigenvalue weighted by Gasteiger charge is 2.25. The Kier molecular flexibility index (Phi) is 3.79. The molecule has 0 amide bonds. The second-order valence-electron chi connectivity index (χ2n) is 5.24. The van der Waals surface area contributed by atoms with E-state index in [0.29, 0.717) is 17.8 Å². The molecule has 2 N–H and O–H groups in total. The normalized spacial score (nSPS) is 27.8. The Morgan fingerprint density at radius 1 is 1.33 bits per heavy atom. The molecule has 98 valence electrons. The van der Waals surface area contributed by atoms with Crippen LogP contribution in [-0.2, 0) is 0 Å². The van der Waals surface area contributed by atoms with Crippen molar-refractivity contribution in [2.45, 2.75) is 39.2 Å². The van der Waals surface area contributed by atoms with E-state index in [4.69, 9.17) is 5.11 Å². The number of carbonyl (C=O) groups is 1. The molecule has 0 aliphatic heterocycles. The quantitative estimate of drug-likeness (QED) is 0.860. The van der Waals surface area contributed by atoms with Gasteiger partial charge in [0.1, 0.15) is 5.82 Å². The fourth-order valence-electron chi connectivity index (χ4n) is 2.58. The molecule has 1 fully saturated rings. The summed E-state index contributed by atoms with van der Waals surface area (Å²) in [4.78, 5) is 18.6. The minimum Gasteiger partial charge on any atom is -0.476 e. The number of aromatic nitrogens is 2. The molecule has 0 radical (unpaired) electrons. The van der Waals surface area contributed by atoms with Crippen molar-refractivity contribution in [3.63, 3.8) is 0 Å². The van der Waals surface area contributed by atoms with Crippen LogP contribution >= 0.6 is 0 Å². The SMILES string of the molecule is CC1CCC(Nc2cnc(C(=O)O)cn2)C(C)C1. The number of rotatable bonds is 3. The highest BCUT2D eigenvalue weighted by Crippen LogP contribution is 2.30. The van der Waals surface area contributed by atoms with Gasteiger partial charge in [-0.15, -0.1) is 0 Å². The third kappa shape index (κ3) is 2.97. The Morgan fingerprint density at radius 3 is 2.67 bits per heavy atom. The first kappa shape index (κ1) is 12.8. The van der Waals surface area contributed by atoms with Crippen LogP contribution in [0.15, 0.2) is 12.4 Å². The van der Waals surface area contributed by atoms with Gasteiger partial charge >= 0.3 is 5.97 Å². The van der Waals surface area contributed by atoms with Gasteiger partial charge in [-0.1, -0.05) is 13.8 Å². The summed E-state index contributed by atoms with van der Waals surface area (Å²) in [6.45, 7) is 4.53. The van der Waals surface area contributed by atoms with Crippen LogP contribution in [-0.4, -0.2) is 27.1 Å². The van der Waals surface area contributed by atoms with Crippen molar-refractivity contribution in [2.24, 2.45) is 11.8 Å². The van der Waals surface area contributed by atoms with Crippen LogP contribution in [0, 0.1) is 11.8 Å². The maximum Gasteiger partial charge on any atom is 0.356 e. The van der Waals surface area contributed by atoms with Crippen LogP contribution in [0.25, 0.3) is 0 Å². The molecule has 3 atom stereocenters. The molecule has 1 aliphatic carbocycles. The molecule has 0 spiro atoms. The van der Waals surface area contributed by atoms with E-state index in [-0.39, 0.29) is 5.69 Å². The average molecular weight is 249 g/mol. The highest BCUT2D eigenvalue weighted by atomic mass is 16.4. The summed E-state index contributed by atoms with van der Waals surface area (Å²) in [5.74, 6) is 1.01. The van der Waals surface area contributed by atoms with Crippen LogP contribution in [0.2, 0.25) is 0 Å². The van der Waals surface area contributed by atoms with Crippen LogP contribution in [0.1, 0.15) is 43.6 Å². The van der Waals surface area contributed by atoms with Gasteiger partial charge in [0.2, 0.25) is 0 Å². The molecule has 5 nitrogen and oxygen atoms in total. The number of nitrogens with one attached hydrogen (secondary N) is 1. The number of anilines is 1. The molecular formula is C13H19N3O2. The molecule has 0 aromatic carbocycles. The largest absolute Gasteiger partial charge is 0.476 e. The van der Waals surface area contributed by atoms with E-state index in [2.05, 4.69) is 29.1 Å². The molecule has 1 saturated carbocycles. The summed E-state index contributed by atoms with van der Waals surface area (Å²) < 4.78 is 0. The van der Waals surface area contributed by atoms with Crippen molar-refractivity contribution < 1.29 is 9.90 Å². The number of hydrogen-bond donors (Lipinski definition) is 2. The summed E-state index contributed by atoms with van der Waals surface area (Å²) in [7, 11) is 0. The summed E-state index contributed by atoms with van der Waals surface area (Å²) in [5.41, 5.74) is -0.0223. The van der Waals surface area contributed by atoms with Gasteiger partial charge in [-0.2, -0.15) is 0 Å². The Hall–Kier alpha value is -1.65. The molecule has 2 rings (SSSR count). The molecule has 3 unspecified atom stereocenters. The lowest BCUT2D eigenvalue weighted by Crippen LogP contribution is -2.33. The van der Waals surface area contributed by atoms with Gasteiger partial charge in [0, 0.05) is 6.04 Å². The van der Waals surface area contributed by atoms with Crippen molar-refractivity contribution >= 4 is 11.8 Å². The number of nitrogens with zero attached hydrogens (tertiary/aromatic N) is 2. The maximum absolute atomic E-state index is 10.7. The predicted molar refractivity (Wildman–Crippen MR) is 68.6 cm³/mol. The van der Waals surface area contributed by atoms with Crippen LogP contribution in [0.3, 0.4) is 0 Å². The van der Waals surface area contributed by atoms with Gasteiger partial charge in [0.15, 0.2) is 5.69 Å². The zero-order valence-corrected chi connectivity index (χ0v) is 10.8. The Morgan fingerprint density at radius 2 is 2.11 bits per heavy atom. The summed E-state index contributed by atoms with van der Waals surface area (Å²) in [6.07, 6.45) is 6.36. The lowest BCUT2D eigenvalue weighted by Gasteiger charge is -2.33. The Balaban J connectivity index is 1.99. The predicted octanol–water partition coefficient (Wildman–Crippen LogP) is 2.41. The molecule has 5 heteroatoms. The van der Waals surface area contributed by atoms with E-state index in [0.717, 1.165) is 12.3 Å². The van der Waals surface area contributed by atoms with Gasteiger partial charge < -0.3 is 10.4 Å². The Bertz CT molecular complexity index is 419. The van der Waals surface area contributed by atoms with Gasteiger partial charge in [0.05, 0.1) is 12.4 Å². The van der Waals surface area contributed by atoms with E-state index >= 15 is 0 Å². The minimum atomic E-state index is -1.05. The van der Waals surface area contributed by atoms with Crippen LogP contribution < -0.4 is 5.32 Å².